The van der Waals surface area contributed by atoms with Crippen molar-refractivity contribution in [2.24, 2.45) is 0 Å². The van der Waals surface area contributed by atoms with E-state index in [1.807, 2.05) is 32.0 Å². The zero-order valence-corrected chi connectivity index (χ0v) is 17.9. The summed E-state index contributed by atoms with van der Waals surface area (Å²) in [6, 6.07) is 10.7. The average Bonchev–Trinajstić information content (AvgIpc) is 3.05. The van der Waals surface area contributed by atoms with Gasteiger partial charge in [0.15, 0.2) is 5.69 Å². The SMILES string of the molecule is COc1ccc(NC(=O)Cn2nnc(C(=O)Nc3c(C)cccc3C)c2C)cc1Cl. The lowest BCUT2D eigenvalue weighted by Crippen LogP contribution is -2.21. The minimum Gasteiger partial charge on any atom is -0.495 e. The van der Waals surface area contributed by atoms with Crippen LogP contribution >= 0.6 is 11.6 Å². The van der Waals surface area contributed by atoms with Crippen molar-refractivity contribution in [1.29, 1.82) is 0 Å². The number of benzene rings is 2. The molecule has 2 amide bonds. The van der Waals surface area contributed by atoms with E-state index in [9.17, 15) is 9.59 Å². The van der Waals surface area contributed by atoms with E-state index in [1.54, 1.807) is 25.1 Å². The first-order valence-electron chi connectivity index (χ1n) is 9.21. The van der Waals surface area contributed by atoms with Crippen LogP contribution in [-0.2, 0) is 11.3 Å². The number of carbonyl (C=O) groups excluding carboxylic acids is 2. The minimum absolute atomic E-state index is 0.0981. The molecular weight excluding hydrogens is 406 g/mol. The van der Waals surface area contributed by atoms with Gasteiger partial charge >= 0.3 is 0 Å². The van der Waals surface area contributed by atoms with Crippen LogP contribution in [0.25, 0.3) is 0 Å². The Hall–Kier alpha value is -3.39. The van der Waals surface area contributed by atoms with Gasteiger partial charge in [0.2, 0.25) is 5.91 Å². The highest BCUT2D eigenvalue weighted by molar-refractivity contribution is 6.32. The standard InChI is InChI=1S/C21H22ClN5O3/c1-12-6-5-7-13(2)19(12)24-21(29)20-14(3)27(26-25-20)11-18(28)23-15-8-9-17(30-4)16(22)10-15/h5-10H,11H2,1-4H3,(H,23,28)(H,24,29). The summed E-state index contributed by atoms with van der Waals surface area (Å²) in [6.07, 6.45) is 0. The van der Waals surface area contributed by atoms with Gasteiger partial charge in [0.05, 0.1) is 17.8 Å². The number of rotatable bonds is 6. The molecule has 2 aromatic carbocycles. The molecule has 1 heterocycles. The Bertz CT molecular complexity index is 1090. The predicted molar refractivity (Wildman–Crippen MR) is 115 cm³/mol. The Balaban J connectivity index is 1.69. The molecule has 0 aliphatic heterocycles. The fraction of sp³-hybridized carbons (Fsp3) is 0.238. The Morgan fingerprint density at radius 2 is 1.80 bits per heavy atom. The third-order valence-corrected chi connectivity index (χ3v) is 4.94. The number of methoxy groups -OCH3 is 1. The van der Waals surface area contributed by atoms with E-state index in [4.69, 9.17) is 16.3 Å². The molecule has 2 N–H and O–H groups in total. The number of hydrogen-bond donors (Lipinski definition) is 2. The molecule has 156 valence electrons. The first-order valence-corrected chi connectivity index (χ1v) is 9.59. The minimum atomic E-state index is -0.376. The number of nitrogens with one attached hydrogen (secondary N) is 2. The fourth-order valence-corrected chi connectivity index (χ4v) is 3.24. The van der Waals surface area contributed by atoms with Gasteiger partial charge in [0.1, 0.15) is 12.3 Å². The molecule has 1 aromatic heterocycles. The second-order valence-electron chi connectivity index (χ2n) is 6.80. The van der Waals surface area contributed by atoms with Crippen molar-refractivity contribution < 1.29 is 14.3 Å². The lowest BCUT2D eigenvalue weighted by atomic mass is 10.1. The number of aryl methyl sites for hydroxylation is 2. The Labute approximate surface area is 179 Å². The Morgan fingerprint density at radius 1 is 1.10 bits per heavy atom. The molecule has 8 nitrogen and oxygen atoms in total. The molecule has 0 radical (unpaired) electrons. The number of anilines is 2. The van der Waals surface area contributed by atoms with Gasteiger partial charge in [-0.25, -0.2) is 4.68 Å². The highest BCUT2D eigenvalue weighted by atomic mass is 35.5. The van der Waals surface area contributed by atoms with Gasteiger partial charge in [-0.3, -0.25) is 9.59 Å². The average molecular weight is 428 g/mol. The van der Waals surface area contributed by atoms with Crippen LogP contribution in [0.4, 0.5) is 11.4 Å². The Morgan fingerprint density at radius 3 is 2.43 bits per heavy atom. The lowest BCUT2D eigenvalue weighted by Gasteiger charge is -2.11. The third kappa shape index (κ3) is 4.60. The normalized spacial score (nSPS) is 10.6. The quantitative estimate of drug-likeness (QED) is 0.624. The molecule has 0 atom stereocenters. The maximum absolute atomic E-state index is 12.7. The lowest BCUT2D eigenvalue weighted by molar-refractivity contribution is -0.117. The largest absolute Gasteiger partial charge is 0.495 e. The topological polar surface area (TPSA) is 98.1 Å². The summed E-state index contributed by atoms with van der Waals surface area (Å²) in [5.41, 5.74) is 3.82. The Kier molecular flexibility index (Phi) is 6.37. The highest BCUT2D eigenvalue weighted by Gasteiger charge is 2.19. The van der Waals surface area contributed by atoms with Gasteiger partial charge < -0.3 is 15.4 Å². The molecule has 0 bridgehead atoms. The maximum Gasteiger partial charge on any atom is 0.278 e. The van der Waals surface area contributed by atoms with E-state index < -0.39 is 0 Å². The summed E-state index contributed by atoms with van der Waals surface area (Å²) in [7, 11) is 1.51. The summed E-state index contributed by atoms with van der Waals surface area (Å²) in [4.78, 5) is 25.1. The van der Waals surface area contributed by atoms with Gasteiger partial charge in [0, 0.05) is 11.4 Å². The molecule has 0 saturated heterocycles. The number of halogens is 1. The maximum atomic E-state index is 12.7. The fourth-order valence-electron chi connectivity index (χ4n) is 2.99. The summed E-state index contributed by atoms with van der Waals surface area (Å²) < 4.78 is 6.47. The molecule has 0 aliphatic carbocycles. The van der Waals surface area contributed by atoms with Gasteiger partial charge in [-0.1, -0.05) is 35.0 Å². The van der Waals surface area contributed by atoms with E-state index in [0.717, 1.165) is 16.8 Å². The van der Waals surface area contributed by atoms with E-state index in [1.165, 1.54) is 11.8 Å². The van der Waals surface area contributed by atoms with Crippen molar-refractivity contribution in [2.45, 2.75) is 27.3 Å². The molecule has 0 spiro atoms. The second-order valence-corrected chi connectivity index (χ2v) is 7.21. The van der Waals surface area contributed by atoms with Crippen LogP contribution in [0.2, 0.25) is 5.02 Å². The first-order chi connectivity index (χ1) is 14.3. The van der Waals surface area contributed by atoms with E-state index in [2.05, 4.69) is 20.9 Å². The van der Waals surface area contributed by atoms with Crippen LogP contribution in [0.3, 0.4) is 0 Å². The number of para-hydroxylation sites is 1. The summed E-state index contributed by atoms with van der Waals surface area (Å²) in [5.74, 6) is -0.189. The van der Waals surface area contributed by atoms with Crippen LogP contribution in [-0.4, -0.2) is 33.9 Å². The zero-order valence-electron chi connectivity index (χ0n) is 17.1. The van der Waals surface area contributed by atoms with Gasteiger partial charge in [0.25, 0.3) is 5.91 Å². The van der Waals surface area contributed by atoms with Gasteiger partial charge in [-0.05, 0) is 50.1 Å². The van der Waals surface area contributed by atoms with Crippen molar-refractivity contribution in [2.75, 3.05) is 17.7 Å². The van der Waals surface area contributed by atoms with Crippen LogP contribution in [0, 0.1) is 20.8 Å². The molecule has 0 unspecified atom stereocenters. The molecular formula is C21H22ClN5O3. The molecule has 0 aliphatic rings. The molecule has 3 aromatic rings. The third-order valence-electron chi connectivity index (χ3n) is 4.65. The van der Waals surface area contributed by atoms with E-state index in [-0.39, 0.29) is 24.1 Å². The van der Waals surface area contributed by atoms with Crippen LogP contribution in [0.5, 0.6) is 5.75 Å². The van der Waals surface area contributed by atoms with Crippen molar-refractivity contribution in [3.63, 3.8) is 0 Å². The van der Waals surface area contributed by atoms with Crippen LogP contribution < -0.4 is 15.4 Å². The molecule has 0 saturated carbocycles. The zero-order chi connectivity index (χ0) is 21.8. The number of hydrogen-bond acceptors (Lipinski definition) is 5. The van der Waals surface area contributed by atoms with Crippen LogP contribution in [0.1, 0.15) is 27.3 Å². The monoisotopic (exact) mass is 427 g/mol. The van der Waals surface area contributed by atoms with Crippen molar-refractivity contribution >= 4 is 34.8 Å². The number of aromatic nitrogens is 3. The molecule has 0 fully saturated rings. The van der Waals surface area contributed by atoms with Gasteiger partial charge in [-0.15, -0.1) is 5.10 Å². The number of carbonyl (C=O) groups is 2. The summed E-state index contributed by atoms with van der Waals surface area (Å²) in [6.45, 7) is 5.43. The van der Waals surface area contributed by atoms with Crippen molar-refractivity contribution in [1.82, 2.24) is 15.0 Å². The van der Waals surface area contributed by atoms with Gasteiger partial charge in [-0.2, -0.15) is 0 Å². The number of nitrogens with zero attached hydrogens (tertiary/aromatic N) is 3. The molecule has 3 rings (SSSR count). The van der Waals surface area contributed by atoms with Crippen molar-refractivity contribution in [3.8, 4) is 5.75 Å². The predicted octanol–water partition coefficient (Wildman–Crippen LogP) is 3.76. The van der Waals surface area contributed by atoms with Crippen molar-refractivity contribution in [3.05, 3.63) is 63.9 Å². The second kappa shape index (κ2) is 8.96. The first kappa shape index (κ1) is 21.3. The van der Waals surface area contributed by atoms with E-state index in [0.29, 0.717) is 22.2 Å². The molecule has 30 heavy (non-hydrogen) atoms. The molecule has 9 heteroatoms. The number of ether oxygens (including phenoxy) is 1. The smallest absolute Gasteiger partial charge is 0.278 e. The van der Waals surface area contributed by atoms with E-state index >= 15 is 0 Å². The highest BCUT2D eigenvalue weighted by Crippen LogP contribution is 2.27. The summed E-state index contributed by atoms with van der Waals surface area (Å²) >= 11 is 6.08. The number of amides is 2. The van der Waals surface area contributed by atoms with Crippen LogP contribution in [0.15, 0.2) is 36.4 Å². The summed E-state index contributed by atoms with van der Waals surface area (Å²) in [5, 5.41) is 13.9.